The SMILES string of the molecule is CN(C)c1ccc(CN2CCNc3cnc(-c4ccccc4)cc3C2)cc1. The molecule has 0 amide bonds. The maximum atomic E-state index is 4.65. The van der Waals surface area contributed by atoms with E-state index in [0.29, 0.717) is 0 Å². The highest BCUT2D eigenvalue weighted by atomic mass is 15.2. The summed E-state index contributed by atoms with van der Waals surface area (Å²) >= 11 is 0. The summed E-state index contributed by atoms with van der Waals surface area (Å²) in [6.07, 6.45) is 1.98. The number of hydrogen-bond acceptors (Lipinski definition) is 4. The molecule has 1 aromatic heterocycles. The summed E-state index contributed by atoms with van der Waals surface area (Å²) in [5.74, 6) is 0. The molecule has 0 saturated heterocycles. The average Bonchev–Trinajstić information content (AvgIpc) is 2.90. The topological polar surface area (TPSA) is 31.4 Å². The maximum Gasteiger partial charge on any atom is 0.0706 e. The highest BCUT2D eigenvalue weighted by molar-refractivity contribution is 5.64. The predicted molar refractivity (Wildman–Crippen MR) is 113 cm³/mol. The minimum atomic E-state index is 0.931. The van der Waals surface area contributed by atoms with Crippen LogP contribution in [0.4, 0.5) is 11.4 Å². The van der Waals surface area contributed by atoms with E-state index in [1.807, 2.05) is 12.3 Å². The third-order valence-electron chi connectivity index (χ3n) is 5.06. The normalized spacial score (nSPS) is 14.1. The van der Waals surface area contributed by atoms with Crippen molar-refractivity contribution in [2.45, 2.75) is 13.1 Å². The van der Waals surface area contributed by atoms with Crippen molar-refractivity contribution < 1.29 is 0 Å². The fourth-order valence-electron chi connectivity index (χ4n) is 3.52. The van der Waals surface area contributed by atoms with E-state index in [9.17, 15) is 0 Å². The van der Waals surface area contributed by atoms with Crippen molar-refractivity contribution >= 4 is 11.4 Å². The van der Waals surface area contributed by atoms with Gasteiger partial charge in [-0.15, -0.1) is 0 Å². The molecule has 3 aromatic rings. The molecule has 4 heteroatoms. The molecule has 138 valence electrons. The molecule has 0 spiro atoms. The zero-order chi connectivity index (χ0) is 18.6. The van der Waals surface area contributed by atoms with Crippen LogP contribution in [0, 0.1) is 0 Å². The molecule has 0 saturated carbocycles. The Morgan fingerprint density at radius 2 is 1.81 bits per heavy atom. The zero-order valence-corrected chi connectivity index (χ0v) is 16.0. The van der Waals surface area contributed by atoms with Crippen LogP contribution in [0.15, 0.2) is 66.9 Å². The van der Waals surface area contributed by atoms with Gasteiger partial charge in [-0.3, -0.25) is 9.88 Å². The van der Waals surface area contributed by atoms with E-state index in [-0.39, 0.29) is 0 Å². The molecule has 2 heterocycles. The number of hydrogen-bond donors (Lipinski definition) is 1. The highest BCUT2D eigenvalue weighted by Gasteiger charge is 2.16. The van der Waals surface area contributed by atoms with Gasteiger partial charge in [0.2, 0.25) is 0 Å². The van der Waals surface area contributed by atoms with Crippen LogP contribution >= 0.6 is 0 Å². The molecule has 4 nitrogen and oxygen atoms in total. The molecule has 1 aliphatic rings. The van der Waals surface area contributed by atoms with Crippen LogP contribution in [0.2, 0.25) is 0 Å². The number of fused-ring (bicyclic) bond motifs is 1. The van der Waals surface area contributed by atoms with Crippen molar-refractivity contribution in [2.24, 2.45) is 0 Å². The first-order valence-corrected chi connectivity index (χ1v) is 9.46. The lowest BCUT2D eigenvalue weighted by Crippen LogP contribution is -2.25. The van der Waals surface area contributed by atoms with E-state index < -0.39 is 0 Å². The van der Waals surface area contributed by atoms with Crippen LogP contribution in [0.3, 0.4) is 0 Å². The van der Waals surface area contributed by atoms with Gasteiger partial charge in [-0.2, -0.15) is 0 Å². The largest absolute Gasteiger partial charge is 0.382 e. The smallest absolute Gasteiger partial charge is 0.0706 e. The minimum absolute atomic E-state index is 0.931. The monoisotopic (exact) mass is 358 g/mol. The van der Waals surface area contributed by atoms with Crippen molar-refractivity contribution in [3.05, 3.63) is 78.0 Å². The fraction of sp³-hybridized carbons (Fsp3) is 0.261. The Bertz CT molecular complexity index is 888. The van der Waals surface area contributed by atoms with E-state index >= 15 is 0 Å². The van der Waals surface area contributed by atoms with Crippen molar-refractivity contribution in [1.82, 2.24) is 9.88 Å². The molecule has 0 atom stereocenters. The lowest BCUT2D eigenvalue weighted by atomic mass is 10.1. The van der Waals surface area contributed by atoms with Gasteiger partial charge in [0.1, 0.15) is 0 Å². The molecule has 0 bridgehead atoms. The van der Waals surface area contributed by atoms with Crippen molar-refractivity contribution in [3.63, 3.8) is 0 Å². The Balaban J connectivity index is 1.53. The highest BCUT2D eigenvalue weighted by Crippen LogP contribution is 2.26. The number of pyridine rings is 1. The van der Waals surface area contributed by atoms with E-state index in [2.05, 4.69) is 88.8 Å². The van der Waals surface area contributed by atoms with Gasteiger partial charge in [0.15, 0.2) is 0 Å². The van der Waals surface area contributed by atoms with E-state index in [0.717, 1.165) is 43.1 Å². The number of nitrogens with zero attached hydrogens (tertiary/aromatic N) is 3. The molecule has 0 aliphatic carbocycles. The Kier molecular flexibility index (Phi) is 5.07. The van der Waals surface area contributed by atoms with Gasteiger partial charge in [-0.05, 0) is 29.3 Å². The van der Waals surface area contributed by atoms with E-state index in [1.165, 1.54) is 16.8 Å². The molecule has 0 fully saturated rings. The van der Waals surface area contributed by atoms with Crippen molar-refractivity contribution in [2.75, 3.05) is 37.4 Å². The summed E-state index contributed by atoms with van der Waals surface area (Å²) in [6.45, 7) is 3.85. The predicted octanol–water partition coefficient (Wildman–Crippen LogP) is 4.24. The average molecular weight is 358 g/mol. The second kappa shape index (κ2) is 7.80. The first-order chi connectivity index (χ1) is 13.2. The van der Waals surface area contributed by atoms with Crippen LogP contribution in [-0.4, -0.2) is 37.1 Å². The van der Waals surface area contributed by atoms with Crippen LogP contribution in [0.5, 0.6) is 0 Å². The molecule has 1 N–H and O–H groups in total. The van der Waals surface area contributed by atoms with Gasteiger partial charge in [0, 0.05) is 51.5 Å². The fourth-order valence-corrected chi connectivity index (χ4v) is 3.52. The Labute approximate surface area is 161 Å². The standard InChI is InChI=1S/C23H26N4/c1-26(2)21-10-8-18(9-11-21)16-27-13-12-24-23-15-25-22(14-20(23)17-27)19-6-4-3-5-7-19/h3-11,14-15,24H,12-13,16-17H2,1-2H3. The van der Waals surface area contributed by atoms with Crippen LogP contribution in [0.1, 0.15) is 11.1 Å². The second-order valence-electron chi connectivity index (χ2n) is 7.29. The van der Waals surface area contributed by atoms with Gasteiger partial charge < -0.3 is 10.2 Å². The molecular weight excluding hydrogens is 332 g/mol. The Hall–Kier alpha value is -2.85. The van der Waals surface area contributed by atoms with Gasteiger partial charge in [0.05, 0.1) is 17.6 Å². The summed E-state index contributed by atoms with van der Waals surface area (Å²) < 4.78 is 0. The van der Waals surface area contributed by atoms with E-state index in [4.69, 9.17) is 0 Å². The van der Waals surface area contributed by atoms with Gasteiger partial charge in [-0.25, -0.2) is 0 Å². The van der Waals surface area contributed by atoms with Crippen molar-refractivity contribution in [1.29, 1.82) is 0 Å². The minimum Gasteiger partial charge on any atom is -0.382 e. The Morgan fingerprint density at radius 1 is 1.04 bits per heavy atom. The molecule has 4 rings (SSSR count). The quantitative estimate of drug-likeness (QED) is 0.756. The number of benzene rings is 2. The molecule has 0 radical (unpaired) electrons. The summed E-state index contributed by atoms with van der Waals surface area (Å²) in [5, 5.41) is 3.53. The number of anilines is 2. The zero-order valence-electron chi connectivity index (χ0n) is 16.0. The van der Waals surface area contributed by atoms with Gasteiger partial charge >= 0.3 is 0 Å². The summed E-state index contributed by atoms with van der Waals surface area (Å²) in [5.41, 5.74) is 7.25. The molecule has 27 heavy (non-hydrogen) atoms. The second-order valence-corrected chi connectivity index (χ2v) is 7.29. The van der Waals surface area contributed by atoms with Gasteiger partial charge in [0.25, 0.3) is 0 Å². The van der Waals surface area contributed by atoms with Crippen LogP contribution in [0.25, 0.3) is 11.3 Å². The summed E-state index contributed by atoms with van der Waals surface area (Å²) in [7, 11) is 4.15. The third kappa shape index (κ3) is 4.12. The third-order valence-corrected chi connectivity index (χ3v) is 5.06. The Morgan fingerprint density at radius 3 is 2.56 bits per heavy atom. The maximum absolute atomic E-state index is 4.65. The summed E-state index contributed by atoms with van der Waals surface area (Å²) in [4.78, 5) is 9.28. The molecule has 0 unspecified atom stereocenters. The molecule has 2 aromatic carbocycles. The number of aromatic nitrogens is 1. The number of rotatable bonds is 4. The lowest BCUT2D eigenvalue weighted by Gasteiger charge is -2.21. The summed E-state index contributed by atoms with van der Waals surface area (Å²) in [6, 6.07) is 21.5. The van der Waals surface area contributed by atoms with Crippen LogP contribution in [-0.2, 0) is 13.1 Å². The molecular formula is C23H26N4. The van der Waals surface area contributed by atoms with Crippen molar-refractivity contribution in [3.8, 4) is 11.3 Å². The molecule has 1 aliphatic heterocycles. The van der Waals surface area contributed by atoms with Gasteiger partial charge in [-0.1, -0.05) is 42.5 Å². The van der Waals surface area contributed by atoms with E-state index in [1.54, 1.807) is 0 Å². The number of nitrogens with one attached hydrogen (secondary N) is 1. The first kappa shape index (κ1) is 17.6. The lowest BCUT2D eigenvalue weighted by molar-refractivity contribution is 0.272. The first-order valence-electron chi connectivity index (χ1n) is 9.46. The van der Waals surface area contributed by atoms with Crippen LogP contribution < -0.4 is 10.2 Å².